The number of rotatable bonds is 4. The first-order valence-electron chi connectivity index (χ1n) is 3.72. The third-order valence-electron chi connectivity index (χ3n) is 1.32. The average Bonchev–Trinajstić information content (AvgIpc) is 1.83. The molecule has 0 spiro atoms. The van der Waals surface area contributed by atoms with Crippen molar-refractivity contribution in [3.63, 3.8) is 0 Å². The molecule has 1 unspecified atom stereocenters. The van der Waals surface area contributed by atoms with E-state index >= 15 is 0 Å². The van der Waals surface area contributed by atoms with E-state index in [1.54, 1.807) is 0 Å². The van der Waals surface area contributed by atoms with Gasteiger partial charge in [0.1, 0.15) is 6.04 Å². The fourth-order valence-electron chi connectivity index (χ4n) is 0.865. The summed E-state index contributed by atoms with van der Waals surface area (Å²) in [4.78, 5) is 20.8. The molecule has 0 aliphatic carbocycles. The molecule has 0 radical (unpaired) electrons. The first kappa shape index (κ1) is 10.7. The van der Waals surface area contributed by atoms with E-state index in [0.29, 0.717) is 6.42 Å². The fraction of sp³-hybridized carbons (Fsp3) is 0.714. The van der Waals surface area contributed by atoms with Crippen LogP contribution in [-0.2, 0) is 4.79 Å². The highest BCUT2D eigenvalue weighted by atomic mass is 16.4. The van der Waals surface area contributed by atoms with Gasteiger partial charge in [-0.15, -0.1) is 0 Å². The van der Waals surface area contributed by atoms with Crippen LogP contribution < -0.4 is 11.1 Å². The van der Waals surface area contributed by atoms with Gasteiger partial charge in [0, 0.05) is 0 Å². The predicted octanol–water partition coefficient (Wildman–Crippen LogP) is 0.154. The quantitative estimate of drug-likeness (QED) is 0.566. The molecule has 2 amide bonds. The molecule has 0 fully saturated rings. The zero-order valence-electron chi connectivity index (χ0n) is 7.20. The Morgan fingerprint density at radius 3 is 2.25 bits per heavy atom. The molecule has 0 aromatic rings. The lowest BCUT2D eigenvalue weighted by Gasteiger charge is -2.14. The Bertz CT molecular complexity index is 179. The van der Waals surface area contributed by atoms with Gasteiger partial charge >= 0.3 is 12.0 Å². The number of carbonyl (C=O) groups excluding carboxylic acids is 1. The lowest BCUT2D eigenvalue weighted by Crippen LogP contribution is -2.44. The molecular weight excluding hydrogens is 160 g/mol. The number of urea groups is 1. The van der Waals surface area contributed by atoms with Crippen molar-refractivity contribution in [3.05, 3.63) is 0 Å². The summed E-state index contributed by atoms with van der Waals surface area (Å²) < 4.78 is 0. The largest absolute Gasteiger partial charge is 0.480 e. The van der Waals surface area contributed by atoms with Crippen LogP contribution in [0.3, 0.4) is 0 Å². The molecule has 0 aliphatic heterocycles. The number of amides is 2. The third-order valence-corrected chi connectivity index (χ3v) is 1.32. The van der Waals surface area contributed by atoms with Crippen LogP contribution in [0.5, 0.6) is 0 Å². The minimum Gasteiger partial charge on any atom is -0.480 e. The van der Waals surface area contributed by atoms with Crippen molar-refractivity contribution in [1.82, 2.24) is 5.32 Å². The van der Waals surface area contributed by atoms with Crippen molar-refractivity contribution in [2.75, 3.05) is 0 Å². The van der Waals surface area contributed by atoms with Crippen LogP contribution in [0.4, 0.5) is 4.79 Å². The van der Waals surface area contributed by atoms with Crippen molar-refractivity contribution in [3.8, 4) is 0 Å². The van der Waals surface area contributed by atoms with E-state index in [1.165, 1.54) is 0 Å². The van der Waals surface area contributed by atoms with E-state index in [1.807, 2.05) is 13.8 Å². The molecule has 12 heavy (non-hydrogen) atoms. The Hall–Kier alpha value is -1.26. The number of nitrogens with one attached hydrogen (secondary N) is 1. The molecule has 0 saturated heterocycles. The second-order valence-electron chi connectivity index (χ2n) is 3.03. The summed E-state index contributed by atoms with van der Waals surface area (Å²) in [6.45, 7) is 3.75. The van der Waals surface area contributed by atoms with Crippen molar-refractivity contribution < 1.29 is 14.7 Å². The zero-order chi connectivity index (χ0) is 9.72. The van der Waals surface area contributed by atoms with E-state index in [-0.39, 0.29) is 5.92 Å². The smallest absolute Gasteiger partial charge is 0.326 e. The van der Waals surface area contributed by atoms with Gasteiger partial charge in [-0.1, -0.05) is 13.8 Å². The molecule has 0 saturated carbocycles. The Morgan fingerprint density at radius 1 is 1.50 bits per heavy atom. The van der Waals surface area contributed by atoms with Gasteiger partial charge in [-0.2, -0.15) is 0 Å². The molecule has 0 aliphatic rings. The summed E-state index contributed by atoms with van der Waals surface area (Å²) in [7, 11) is 0. The summed E-state index contributed by atoms with van der Waals surface area (Å²) in [5.41, 5.74) is 4.79. The Labute approximate surface area is 70.9 Å². The third kappa shape index (κ3) is 4.54. The van der Waals surface area contributed by atoms with Gasteiger partial charge in [0.25, 0.3) is 0 Å². The van der Waals surface area contributed by atoms with Crippen molar-refractivity contribution >= 4 is 12.0 Å². The second kappa shape index (κ2) is 4.58. The minimum absolute atomic E-state index is 0.206. The van der Waals surface area contributed by atoms with E-state index in [2.05, 4.69) is 5.32 Å². The summed E-state index contributed by atoms with van der Waals surface area (Å²) in [5.74, 6) is -0.847. The van der Waals surface area contributed by atoms with Gasteiger partial charge in [0.05, 0.1) is 0 Å². The zero-order valence-corrected chi connectivity index (χ0v) is 7.20. The number of carboxylic acids is 1. The Balaban J connectivity index is 4.04. The molecule has 1 atom stereocenters. The number of primary amides is 1. The molecule has 0 rings (SSSR count). The highest BCUT2D eigenvalue weighted by Gasteiger charge is 2.19. The van der Waals surface area contributed by atoms with Crippen LogP contribution >= 0.6 is 0 Å². The van der Waals surface area contributed by atoms with Crippen molar-refractivity contribution in [1.29, 1.82) is 0 Å². The van der Waals surface area contributed by atoms with Gasteiger partial charge in [0.15, 0.2) is 0 Å². The molecule has 5 nitrogen and oxygen atoms in total. The SMILES string of the molecule is CC(C)CC(NC(N)=O)C(=O)O. The molecular formula is C7H14N2O3. The standard InChI is InChI=1S/C7H14N2O3/c1-4(2)3-5(6(10)11)9-7(8)12/h4-5H,3H2,1-2H3,(H,10,11)(H3,8,9,12). The van der Waals surface area contributed by atoms with Crippen molar-refractivity contribution in [2.24, 2.45) is 11.7 Å². The Morgan fingerprint density at radius 2 is 2.00 bits per heavy atom. The molecule has 0 aromatic heterocycles. The number of nitrogens with two attached hydrogens (primary N) is 1. The van der Waals surface area contributed by atoms with Crippen LogP contribution in [0.1, 0.15) is 20.3 Å². The lowest BCUT2D eigenvalue weighted by atomic mass is 10.0. The van der Waals surface area contributed by atoms with Gasteiger partial charge in [0.2, 0.25) is 0 Å². The van der Waals surface area contributed by atoms with E-state index < -0.39 is 18.0 Å². The molecule has 0 bridgehead atoms. The van der Waals surface area contributed by atoms with Crippen LogP contribution in [0.15, 0.2) is 0 Å². The fourth-order valence-corrected chi connectivity index (χ4v) is 0.865. The van der Waals surface area contributed by atoms with Gasteiger partial charge in [-0.05, 0) is 12.3 Å². The summed E-state index contributed by atoms with van der Waals surface area (Å²) in [6.07, 6.45) is 0.387. The molecule has 0 aromatic carbocycles. The maximum Gasteiger partial charge on any atom is 0.326 e. The Kier molecular flexibility index (Phi) is 4.10. The molecule has 70 valence electrons. The summed E-state index contributed by atoms with van der Waals surface area (Å²) >= 11 is 0. The minimum atomic E-state index is -1.05. The number of aliphatic carboxylic acids is 1. The number of hydrogen-bond donors (Lipinski definition) is 3. The summed E-state index contributed by atoms with van der Waals surface area (Å²) in [5, 5.41) is 10.8. The monoisotopic (exact) mass is 174 g/mol. The highest BCUT2D eigenvalue weighted by Crippen LogP contribution is 2.04. The normalized spacial score (nSPS) is 12.6. The van der Waals surface area contributed by atoms with E-state index in [4.69, 9.17) is 10.8 Å². The molecule has 4 N–H and O–H groups in total. The van der Waals surface area contributed by atoms with Gasteiger partial charge in [-0.3, -0.25) is 0 Å². The van der Waals surface area contributed by atoms with Crippen LogP contribution in [-0.4, -0.2) is 23.1 Å². The van der Waals surface area contributed by atoms with Crippen LogP contribution in [0.2, 0.25) is 0 Å². The second-order valence-corrected chi connectivity index (χ2v) is 3.03. The molecule has 5 heteroatoms. The van der Waals surface area contributed by atoms with Gasteiger partial charge in [-0.25, -0.2) is 9.59 Å². The highest BCUT2D eigenvalue weighted by molar-refractivity contribution is 5.81. The van der Waals surface area contributed by atoms with E-state index in [9.17, 15) is 9.59 Å². The number of hydrogen-bond acceptors (Lipinski definition) is 2. The van der Waals surface area contributed by atoms with Crippen molar-refractivity contribution in [2.45, 2.75) is 26.3 Å². The van der Waals surface area contributed by atoms with Crippen LogP contribution in [0, 0.1) is 5.92 Å². The summed E-state index contributed by atoms with van der Waals surface area (Å²) in [6, 6.07) is -1.68. The maximum absolute atomic E-state index is 10.5. The van der Waals surface area contributed by atoms with Crippen LogP contribution in [0.25, 0.3) is 0 Å². The van der Waals surface area contributed by atoms with Gasteiger partial charge < -0.3 is 16.2 Å². The number of carbonyl (C=O) groups is 2. The predicted molar refractivity (Wildman–Crippen MR) is 43.6 cm³/mol. The number of carboxylic acid groups (broad SMARTS) is 1. The first-order chi connectivity index (χ1) is 5.43. The lowest BCUT2D eigenvalue weighted by molar-refractivity contribution is -0.139. The molecule has 0 heterocycles. The average molecular weight is 174 g/mol. The first-order valence-corrected chi connectivity index (χ1v) is 3.72. The maximum atomic E-state index is 10.5. The van der Waals surface area contributed by atoms with E-state index in [0.717, 1.165) is 0 Å². The topological polar surface area (TPSA) is 92.4 Å².